The van der Waals surface area contributed by atoms with E-state index in [-0.39, 0.29) is 0 Å². The van der Waals surface area contributed by atoms with Crippen molar-refractivity contribution in [3.63, 3.8) is 0 Å². The monoisotopic (exact) mass is 240 g/mol. The molecule has 1 atom stereocenters. The highest BCUT2D eigenvalue weighted by molar-refractivity contribution is 7.09. The Labute approximate surface area is 101 Å². The second-order valence-corrected chi connectivity index (χ2v) is 6.18. The summed E-state index contributed by atoms with van der Waals surface area (Å²) in [5.74, 6) is 0.514. The topological polar surface area (TPSA) is 36.4 Å². The fourth-order valence-electron chi connectivity index (χ4n) is 2.06. The second-order valence-electron chi connectivity index (χ2n) is 5.29. The molecule has 0 saturated carbocycles. The molecule has 0 amide bonds. The molecule has 4 heteroatoms. The molecule has 90 valence electrons. The Morgan fingerprint density at radius 2 is 2.38 bits per heavy atom. The second kappa shape index (κ2) is 4.43. The molecule has 1 aliphatic rings. The molecule has 1 unspecified atom stereocenters. The van der Waals surface area contributed by atoms with Crippen LogP contribution in [0.1, 0.15) is 43.8 Å². The lowest BCUT2D eigenvalue weighted by atomic mass is 10.1. The highest BCUT2D eigenvalue weighted by Gasteiger charge is 2.31. The maximum atomic E-state index is 9.88. The van der Waals surface area contributed by atoms with Gasteiger partial charge in [0, 0.05) is 30.9 Å². The zero-order valence-corrected chi connectivity index (χ0v) is 11.0. The lowest BCUT2D eigenvalue weighted by molar-refractivity contribution is 0.0677. The first-order chi connectivity index (χ1) is 7.46. The van der Waals surface area contributed by atoms with Gasteiger partial charge in [0.1, 0.15) is 0 Å². The van der Waals surface area contributed by atoms with Gasteiger partial charge in [-0.2, -0.15) is 0 Å². The van der Waals surface area contributed by atoms with Crippen molar-refractivity contribution in [3.8, 4) is 0 Å². The van der Waals surface area contributed by atoms with Crippen molar-refractivity contribution in [2.75, 3.05) is 13.1 Å². The van der Waals surface area contributed by atoms with Crippen molar-refractivity contribution in [1.29, 1.82) is 0 Å². The Kier molecular flexibility index (Phi) is 3.33. The number of thiazole rings is 1. The normalized spacial score (nSPS) is 26.8. The number of hydrogen-bond donors (Lipinski definition) is 1. The molecule has 0 aromatic carbocycles. The van der Waals surface area contributed by atoms with Gasteiger partial charge < -0.3 is 5.11 Å². The van der Waals surface area contributed by atoms with E-state index in [1.807, 2.05) is 6.92 Å². The van der Waals surface area contributed by atoms with Crippen molar-refractivity contribution in [2.45, 2.75) is 45.3 Å². The van der Waals surface area contributed by atoms with E-state index in [4.69, 9.17) is 0 Å². The lowest BCUT2D eigenvalue weighted by Gasteiger charge is -2.17. The van der Waals surface area contributed by atoms with Gasteiger partial charge in [-0.1, -0.05) is 13.8 Å². The van der Waals surface area contributed by atoms with Crippen LogP contribution in [0, 0.1) is 0 Å². The number of nitrogens with zero attached hydrogens (tertiary/aromatic N) is 2. The summed E-state index contributed by atoms with van der Waals surface area (Å²) in [6.45, 7) is 8.86. The summed E-state index contributed by atoms with van der Waals surface area (Å²) < 4.78 is 0. The number of hydrogen-bond acceptors (Lipinski definition) is 4. The Bertz CT molecular complexity index is 360. The molecule has 0 spiro atoms. The number of likely N-dealkylation sites (tertiary alicyclic amines) is 1. The van der Waals surface area contributed by atoms with Crippen LogP contribution in [0.4, 0.5) is 0 Å². The molecule has 1 aromatic rings. The largest absolute Gasteiger partial charge is 0.389 e. The number of rotatable bonds is 3. The fraction of sp³-hybridized carbons (Fsp3) is 0.750. The summed E-state index contributed by atoms with van der Waals surface area (Å²) >= 11 is 1.74. The predicted molar refractivity (Wildman–Crippen MR) is 66.7 cm³/mol. The molecule has 1 aromatic heterocycles. The Morgan fingerprint density at radius 1 is 1.62 bits per heavy atom. The zero-order chi connectivity index (χ0) is 11.8. The third kappa shape index (κ3) is 2.81. The van der Waals surface area contributed by atoms with Crippen LogP contribution in [-0.4, -0.2) is 33.7 Å². The molecule has 2 rings (SSSR count). The van der Waals surface area contributed by atoms with Gasteiger partial charge in [-0.15, -0.1) is 11.3 Å². The number of aromatic nitrogens is 1. The van der Waals surface area contributed by atoms with Gasteiger partial charge in [0.25, 0.3) is 0 Å². The molecule has 0 aliphatic carbocycles. The lowest BCUT2D eigenvalue weighted by Crippen LogP contribution is -2.29. The first kappa shape index (κ1) is 12.0. The maximum Gasteiger partial charge on any atom is 0.0954 e. The van der Waals surface area contributed by atoms with E-state index in [9.17, 15) is 5.11 Å². The molecule has 0 bridgehead atoms. The van der Waals surface area contributed by atoms with Crippen LogP contribution in [0.5, 0.6) is 0 Å². The first-order valence-corrected chi connectivity index (χ1v) is 6.73. The first-order valence-electron chi connectivity index (χ1n) is 5.85. The zero-order valence-electron chi connectivity index (χ0n) is 10.2. The van der Waals surface area contributed by atoms with Crippen LogP contribution in [-0.2, 0) is 6.54 Å². The average molecular weight is 240 g/mol. The summed E-state index contributed by atoms with van der Waals surface area (Å²) in [6.07, 6.45) is 0.869. The molecular formula is C12H20N2OS. The molecule has 1 aliphatic heterocycles. The molecule has 1 N–H and O–H groups in total. The van der Waals surface area contributed by atoms with E-state index in [0.717, 1.165) is 31.7 Å². The predicted octanol–water partition coefficient (Wildman–Crippen LogP) is 2.22. The van der Waals surface area contributed by atoms with Crippen LogP contribution in [0.15, 0.2) is 5.38 Å². The standard InChI is InChI=1S/C12H20N2OS/c1-9(2)11-13-10(7-16-11)6-14-5-4-12(3,15)8-14/h7,9,15H,4-6,8H2,1-3H3. The van der Waals surface area contributed by atoms with Gasteiger partial charge in [0.2, 0.25) is 0 Å². The van der Waals surface area contributed by atoms with Gasteiger partial charge >= 0.3 is 0 Å². The average Bonchev–Trinajstić information content (AvgIpc) is 2.73. The fourth-order valence-corrected chi connectivity index (χ4v) is 2.89. The van der Waals surface area contributed by atoms with E-state index in [1.54, 1.807) is 11.3 Å². The van der Waals surface area contributed by atoms with E-state index < -0.39 is 5.60 Å². The van der Waals surface area contributed by atoms with Gasteiger partial charge in [0.05, 0.1) is 16.3 Å². The van der Waals surface area contributed by atoms with Crippen molar-refractivity contribution >= 4 is 11.3 Å². The maximum absolute atomic E-state index is 9.88. The summed E-state index contributed by atoms with van der Waals surface area (Å²) in [6, 6.07) is 0. The van der Waals surface area contributed by atoms with E-state index in [0.29, 0.717) is 5.92 Å². The van der Waals surface area contributed by atoms with Crippen molar-refractivity contribution in [1.82, 2.24) is 9.88 Å². The SMILES string of the molecule is CC(C)c1nc(CN2CCC(C)(O)C2)cs1. The van der Waals surface area contributed by atoms with Gasteiger partial charge in [-0.05, 0) is 13.3 Å². The highest BCUT2D eigenvalue weighted by atomic mass is 32.1. The minimum atomic E-state index is -0.503. The van der Waals surface area contributed by atoms with Crippen LogP contribution < -0.4 is 0 Å². The summed E-state index contributed by atoms with van der Waals surface area (Å²) in [4.78, 5) is 6.89. The molecule has 16 heavy (non-hydrogen) atoms. The van der Waals surface area contributed by atoms with E-state index >= 15 is 0 Å². The Hall–Kier alpha value is -0.450. The molecular weight excluding hydrogens is 220 g/mol. The van der Waals surface area contributed by atoms with Crippen molar-refractivity contribution < 1.29 is 5.11 Å². The Balaban J connectivity index is 1.94. The molecule has 2 heterocycles. The smallest absolute Gasteiger partial charge is 0.0954 e. The molecule has 1 fully saturated rings. The van der Waals surface area contributed by atoms with Crippen LogP contribution in [0.25, 0.3) is 0 Å². The van der Waals surface area contributed by atoms with Gasteiger partial charge in [0.15, 0.2) is 0 Å². The van der Waals surface area contributed by atoms with Crippen LogP contribution in [0.3, 0.4) is 0 Å². The van der Waals surface area contributed by atoms with Gasteiger partial charge in [-0.3, -0.25) is 4.90 Å². The summed E-state index contributed by atoms with van der Waals surface area (Å²) in [5, 5.41) is 13.2. The molecule has 1 saturated heterocycles. The molecule has 3 nitrogen and oxygen atoms in total. The minimum absolute atomic E-state index is 0.503. The minimum Gasteiger partial charge on any atom is -0.389 e. The van der Waals surface area contributed by atoms with E-state index in [2.05, 4.69) is 29.1 Å². The summed E-state index contributed by atoms with van der Waals surface area (Å²) in [7, 11) is 0. The Morgan fingerprint density at radius 3 is 2.88 bits per heavy atom. The third-order valence-electron chi connectivity index (χ3n) is 2.98. The highest BCUT2D eigenvalue weighted by Crippen LogP contribution is 2.24. The van der Waals surface area contributed by atoms with Crippen LogP contribution in [0.2, 0.25) is 0 Å². The van der Waals surface area contributed by atoms with E-state index in [1.165, 1.54) is 5.01 Å². The van der Waals surface area contributed by atoms with Crippen molar-refractivity contribution in [3.05, 3.63) is 16.1 Å². The quantitative estimate of drug-likeness (QED) is 0.880. The number of aliphatic hydroxyl groups is 1. The summed E-state index contributed by atoms with van der Waals surface area (Å²) in [5.41, 5.74) is 0.642. The number of β-amino-alcohol motifs (C(OH)–C–C–N with tert-alkyl or cyclic N) is 1. The van der Waals surface area contributed by atoms with Crippen molar-refractivity contribution in [2.24, 2.45) is 0 Å². The third-order valence-corrected chi connectivity index (χ3v) is 4.17. The molecule has 0 radical (unpaired) electrons. The van der Waals surface area contributed by atoms with Gasteiger partial charge in [-0.25, -0.2) is 4.98 Å². The van der Waals surface area contributed by atoms with Crippen LogP contribution >= 0.6 is 11.3 Å².